The highest BCUT2D eigenvalue weighted by Crippen LogP contribution is 2.32. The van der Waals surface area contributed by atoms with Gasteiger partial charge in [-0.1, -0.05) is 33.1 Å². The Hall–Kier alpha value is -2.34. The van der Waals surface area contributed by atoms with Gasteiger partial charge >= 0.3 is 0 Å². The van der Waals surface area contributed by atoms with Crippen molar-refractivity contribution in [3.63, 3.8) is 0 Å². The van der Waals surface area contributed by atoms with Gasteiger partial charge in [-0.05, 0) is 38.1 Å². The van der Waals surface area contributed by atoms with Gasteiger partial charge in [-0.25, -0.2) is 5.43 Å². The fraction of sp³-hybridized carbons (Fsp3) is 0.176. The molecule has 5 nitrogen and oxygen atoms in total. The molecule has 6 heteroatoms. The van der Waals surface area contributed by atoms with Gasteiger partial charge in [0.05, 0.1) is 13.3 Å². The van der Waals surface area contributed by atoms with Crippen molar-refractivity contribution >= 4 is 28.1 Å². The zero-order valence-corrected chi connectivity index (χ0v) is 14.6. The Morgan fingerprint density at radius 3 is 2.48 bits per heavy atom. The number of amides is 1. The van der Waals surface area contributed by atoms with Crippen LogP contribution in [-0.4, -0.2) is 24.3 Å². The number of phenols is 1. The molecular weight excluding hydrogens is 360 g/mol. The summed E-state index contributed by atoms with van der Waals surface area (Å²) < 4.78 is 5.79. The summed E-state index contributed by atoms with van der Waals surface area (Å²) in [6.07, 6.45) is 1.36. The number of phenolic OH excluding ortho intramolecular Hbond substituents is 1. The normalized spacial score (nSPS) is 10.8. The number of ether oxygens (including phenoxy) is 1. The van der Waals surface area contributed by atoms with Gasteiger partial charge in [0.1, 0.15) is 0 Å². The van der Waals surface area contributed by atoms with E-state index in [1.54, 1.807) is 24.3 Å². The van der Waals surface area contributed by atoms with Crippen molar-refractivity contribution in [1.82, 2.24) is 5.43 Å². The van der Waals surface area contributed by atoms with Gasteiger partial charge in [0.25, 0.3) is 5.91 Å². The van der Waals surface area contributed by atoms with E-state index in [1.165, 1.54) is 13.3 Å². The van der Waals surface area contributed by atoms with Crippen molar-refractivity contribution in [3.05, 3.63) is 57.1 Å². The Bertz CT molecular complexity index is 752. The Balaban J connectivity index is 2.15. The second-order valence-corrected chi connectivity index (χ2v) is 6.04. The zero-order chi connectivity index (χ0) is 17.0. The number of aryl methyl sites for hydroxylation is 2. The lowest BCUT2D eigenvalue weighted by Gasteiger charge is -2.07. The van der Waals surface area contributed by atoms with E-state index >= 15 is 0 Å². The van der Waals surface area contributed by atoms with Gasteiger partial charge < -0.3 is 9.84 Å². The molecule has 0 saturated carbocycles. The quantitative estimate of drug-likeness (QED) is 0.633. The highest BCUT2D eigenvalue weighted by molar-refractivity contribution is 9.10. The molecule has 0 atom stereocenters. The number of nitrogens with zero attached hydrogens (tertiary/aromatic N) is 1. The largest absolute Gasteiger partial charge is 0.504 e. The number of hydrogen-bond donors (Lipinski definition) is 2. The smallest absolute Gasteiger partial charge is 0.271 e. The Kier molecular flexibility index (Phi) is 5.39. The molecule has 0 heterocycles. The predicted octanol–water partition coefficient (Wildman–Crippen LogP) is 3.54. The molecule has 0 bridgehead atoms. The summed E-state index contributed by atoms with van der Waals surface area (Å²) in [7, 11) is 1.46. The van der Waals surface area contributed by atoms with Crippen molar-refractivity contribution in [2.45, 2.75) is 13.8 Å². The molecule has 2 rings (SSSR count). The van der Waals surface area contributed by atoms with Crippen LogP contribution in [0.5, 0.6) is 11.5 Å². The van der Waals surface area contributed by atoms with E-state index in [9.17, 15) is 9.90 Å². The van der Waals surface area contributed by atoms with Crippen LogP contribution < -0.4 is 10.2 Å². The first-order valence-electron chi connectivity index (χ1n) is 6.89. The summed E-state index contributed by atoms with van der Waals surface area (Å²) in [5.41, 5.74) is 5.43. The summed E-state index contributed by atoms with van der Waals surface area (Å²) in [6, 6.07) is 8.88. The molecule has 2 N–H and O–H groups in total. The Labute approximate surface area is 143 Å². The van der Waals surface area contributed by atoms with Crippen molar-refractivity contribution in [2.75, 3.05) is 7.11 Å². The molecule has 0 aromatic heterocycles. The van der Waals surface area contributed by atoms with E-state index < -0.39 is 0 Å². The second-order valence-electron chi connectivity index (χ2n) is 5.12. The van der Waals surface area contributed by atoms with E-state index in [0.29, 0.717) is 16.9 Å². The molecule has 0 radical (unpaired) electrons. The zero-order valence-electron chi connectivity index (χ0n) is 13.1. The van der Waals surface area contributed by atoms with Crippen LogP contribution in [0.25, 0.3) is 0 Å². The summed E-state index contributed by atoms with van der Waals surface area (Å²) in [6.45, 7) is 3.86. The number of carbonyl (C=O) groups is 1. The second kappa shape index (κ2) is 7.28. The van der Waals surface area contributed by atoms with Crippen molar-refractivity contribution in [3.8, 4) is 11.5 Å². The monoisotopic (exact) mass is 376 g/mol. The van der Waals surface area contributed by atoms with Crippen LogP contribution in [0.15, 0.2) is 39.9 Å². The first kappa shape index (κ1) is 17.0. The molecule has 0 saturated heterocycles. The van der Waals surface area contributed by atoms with Crippen LogP contribution in [0, 0.1) is 13.8 Å². The molecule has 1 amide bonds. The van der Waals surface area contributed by atoms with Gasteiger partial charge in [-0.2, -0.15) is 5.10 Å². The predicted molar refractivity (Wildman–Crippen MR) is 93.3 cm³/mol. The molecule has 0 aliphatic heterocycles. The maximum Gasteiger partial charge on any atom is 0.271 e. The molecule has 23 heavy (non-hydrogen) atoms. The van der Waals surface area contributed by atoms with Gasteiger partial charge in [-0.3, -0.25) is 4.79 Å². The molecule has 2 aromatic carbocycles. The van der Waals surface area contributed by atoms with Crippen LogP contribution in [0.2, 0.25) is 0 Å². The standard InChI is InChI=1S/C17H17BrN2O3/c1-10-4-11(2)6-12(5-10)17(22)20-19-9-13-7-14(18)8-15(23-3)16(13)21/h4-9,21H,1-3H3,(H,20,22). The SMILES string of the molecule is COc1cc(Br)cc(C=NNC(=O)c2cc(C)cc(C)c2)c1O. The molecule has 0 spiro atoms. The maximum atomic E-state index is 12.1. The topological polar surface area (TPSA) is 70.9 Å². The van der Waals surface area contributed by atoms with Crippen molar-refractivity contribution in [1.29, 1.82) is 0 Å². The molecule has 0 unspecified atom stereocenters. The molecular formula is C17H17BrN2O3. The number of nitrogens with one attached hydrogen (secondary N) is 1. The number of hydrogen-bond acceptors (Lipinski definition) is 4. The third-order valence-electron chi connectivity index (χ3n) is 3.14. The fourth-order valence-electron chi connectivity index (χ4n) is 2.18. The van der Waals surface area contributed by atoms with Crippen molar-refractivity contribution in [2.24, 2.45) is 5.10 Å². The molecule has 120 valence electrons. The number of aromatic hydroxyl groups is 1. The number of methoxy groups -OCH3 is 1. The lowest BCUT2D eigenvalue weighted by Crippen LogP contribution is -2.17. The molecule has 0 aliphatic rings. The molecule has 0 fully saturated rings. The molecule has 2 aromatic rings. The van der Waals surface area contributed by atoms with E-state index in [1.807, 2.05) is 19.9 Å². The number of rotatable bonds is 4. The van der Waals surface area contributed by atoms with E-state index in [4.69, 9.17) is 4.74 Å². The number of carbonyl (C=O) groups excluding carboxylic acids is 1. The minimum absolute atomic E-state index is 0.0416. The van der Waals surface area contributed by atoms with Crippen LogP contribution in [0.3, 0.4) is 0 Å². The summed E-state index contributed by atoms with van der Waals surface area (Å²) in [5, 5.41) is 13.9. The number of halogens is 1. The van der Waals surface area contributed by atoms with Crippen LogP contribution >= 0.6 is 15.9 Å². The Morgan fingerprint density at radius 2 is 1.87 bits per heavy atom. The summed E-state index contributed by atoms with van der Waals surface area (Å²) in [4.78, 5) is 12.1. The minimum atomic E-state index is -0.311. The maximum absolute atomic E-state index is 12.1. The molecule has 0 aliphatic carbocycles. The number of benzene rings is 2. The van der Waals surface area contributed by atoms with E-state index in [-0.39, 0.29) is 11.7 Å². The van der Waals surface area contributed by atoms with Crippen LogP contribution in [-0.2, 0) is 0 Å². The average Bonchev–Trinajstić information content (AvgIpc) is 2.49. The highest BCUT2D eigenvalue weighted by atomic mass is 79.9. The summed E-state index contributed by atoms with van der Waals surface area (Å²) >= 11 is 3.32. The Morgan fingerprint density at radius 1 is 1.22 bits per heavy atom. The third-order valence-corrected chi connectivity index (χ3v) is 3.60. The van der Waals surface area contributed by atoms with Crippen LogP contribution in [0.4, 0.5) is 0 Å². The van der Waals surface area contributed by atoms with Crippen molar-refractivity contribution < 1.29 is 14.6 Å². The van der Waals surface area contributed by atoms with Crippen LogP contribution in [0.1, 0.15) is 27.0 Å². The fourth-order valence-corrected chi connectivity index (χ4v) is 2.63. The lowest BCUT2D eigenvalue weighted by atomic mass is 10.1. The summed E-state index contributed by atoms with van der Waals surface area (Å²) in [5.74, 6) is -0.0314. The van der Waals surface area contributed by atoms with E-state index in [0.717, 1.165) is 15.6 Å². The third kappa shape index (κ3) is 4.32. The van der Waals surface area contributed by atoms with Gasteiger partial charge in [0.2, 0.25) is 0 Å². The number of hydrazone groups is 1. The highest BCUT2D eigenvalue weighted by Gasteiger charge is 2.09. The van der Waals surface area contributed by atoms with Gasteiger partial charge in [0.15, 0.2) is 11.5 Å². The first-order chi connectivity index (χ1) is 10.9. The minimum Gasteiger partial charge on any atom is -0.504 e. The average molecular weight is 377 g/mol. The van der Waals surface area contributed by atoms with E-state index in [2.05, 4.69) is 26.5 Å². The van der Waals surface area contributed by atoms with Gasteiger partial charge in [0, 0.05) is 15.6 Å². The first-order valence-corrected chi connectivity index (χ1v) is 7.68. The lowest BCUT2D eigenvalue weighted by molar-refractivity contribution is 0.0955. The van der Waals surface area contributed by atoms with Gasteiger partial charge in [-0.15, -0.1) is 0 Å².